The van der Waals surface area contributed by atoms with Crippen LogP contribution in [0.4, 0.5) is 5.69 Å². The fourth-order valence-electron chi connectivity index (χ4n) is 1.67. The van der Waals surface area contributed by atoms with Gasteiger partial charge in [0.2, 0.25) is 0 Å². The number of halogens is 1. The van der Waals surface area contributed by atoms with Gasteiger partial charge in [0.05, 0.1) is 4.92 Å². The highest BCUT2D eigenvalue weighted by Crippen LogP contribution is 2.25. The third-order valence-electron chi connectivity index (χ3n) is 2.54. The van der Waals surface area contributed by atoms with Crippen molar-refractivity contribution in [3.8, 4) is 5.75 Å². The molecule has 0 bridgehead atoms. The van der Waals surface area contributed by atoms with Crippen molar-refractivity contribution in [3.05, 3.63) is 69.2 Å². The number of benzene rings is 2. The highest BCUT2D eigenvalue weighted by molar-refractivity contribution is 7.86. The molecule has 110 valence electrons. The number of hydrogen-bond acceptors (Lipinski definition) is 5. The van der Waals surface area contributed by atoms with Crippen LogP contribution in [-0.4, -0.2) is 13.3 Å². The average Bonchev–Trinajstić information content (AvgIpc) is 2.41. The molecule has 0 N–H and O–H groups in total. The molecule has 0 heterocycles. The van der Waals surface area contributed by atoms with Crippen molar-refractivity contribution in [2.75, 3.05) is 0 Å². The molecule has 2 rings (SSSR count). The van der Waals surface area contributed by atoms with Gasteiger partial charge in [0.1, 0.15) is 11.5 Å². The van der Waals surface area contributed by atoms with Crippen LogP contribution in [0, 0.1) is 10.1 Å². The molecule has 0 aliphatic rings. The third kappa shape index (κ3) is 4.17. The monoisotopic (exact) mass is 327 g/mol. The molecule has 0 amide bonds. The molecule has 2 aromatic rings. The fraction of sp³-hybridized carbons (Fsp3) is 0.0769. The molecule has 0 aliphatic heterocycles. The molecule has 8 heteroatoms. The van der Waals surface area contributed by atoms with Crippen LogP contribution < -0.4 is 4.18 Å². The van der Waals surface area contributed by atoms with Crippen LogP contribution in [0.3, 0.4) is 0 Å². The van der Waals surface area contributed by atoms with Gasteiger partial charge in [-0.15, -0.1) is 0 Å². The Hall–Kier alpha value is -2.12. The van der Waals surface area contributed by atoms with E-state index in [-0.39, 0.29) is 22.0 Å². The summed E-state index contributed by atoms with van der Waals surface area (Å²) in [6.45, 7) is 0. The highest BCUT2D eigenvalue weighted by atomic mass is 35.5. The van der Waals surface area contributed by atoms with Gasteiger partial charge in [-0.1, -0.05) is 29.8 Å². The van der Waals surface area contributed by atoms with Gasteiger partial charge >= 0.3 is 10.1 Å². The van der Waals surface area contributed by atoms with Gasteiger partial charge < -0.3 is 4.18 Å². The number of rotatable bonds is 5. The molecule has 6 nitrogen and oxygen atoms in total. The molecule has 0 aromatic heterocycles. The molecular weight excluding hydrogens is 318 g/mol. The number of hydrogen-bond donors (Lipinski definition) is 0. The van der Waals surface area contributed by atoms with Gasteiger partial charge in [0.15, 0.2) is 0 Å². The van der Waals surface area contributed by atoms with Gasteiger partial charge in [-0.3, -0.25) is 10.1 Å². The van der Waals surface area contributed by atoms with Gasteiger partial charge in [0, 0.05) is 16.7 Å². The van der Waals surface area contributed by atoms with E-state index in [1.165, 1.54) is 24.3 Å². The average molecular weight is 328 g/mol. The van der Waals surface area contributed by atoms with E-state index in [9.17, 15) is 18.5 Å². The normalized spacial score (nSPS) is 11.1. The first kappa shape index (κ1) is 15.3. The van der Waals surface area contributed by atoms with E-state index in [1.54, 1.807) is 18.2 Å². The number of nitrogens with zero attached hydrogens (tertiary/aromatic N) is 1. The van der Waals surface area contributed by atoms with Gasteiger partial charge in [0.25, 0.3) is 5.69 Å². The Morgan fingerprint density at radius 3 is 2.43 bits per heavy atom. The summed E-state index contributed by atoms with van der Waals surface area (Å²) in [7, 11) is -4.00. The lowest BCUT2D eigenvalue weighted by Crippen LogP contribution is -2.13. The van der Waals surface area contributed by atoms with Crippen LogP contribution in [0.15, 0.2) is 48.5 Å². The van der Waals surface area contributed by atoms with Gasteiger partial charge in [-0.25, -0.2) is 0 Å². The van der Waals surface area contributed by atoms with Crippen molar-refractivity contribution in [3.63, 3.8) is 0 Å². The summed E-state index contributed by atoms with van der Waals surface area (Å²) in [4.78, 5) is 10.2. The summed E-state index contributed by atoms with van der Waals surface area (Å²) in [5, 5.41) is 11.1. The molecule has 0 radical (unpaired) electrons. The zero-order chi connectivity index (χ0) is 15.5. The Bertz CT molecular complexity index is 761. The quantitative estimate of drug-likeness (QED) is 0.478. The maximum atomic E-state index is 12.0. The summed E-state index contributed by atoms with van der Waals surface area (Å²) >= 11 is 5.68. The number of nitro benzene ring substituents is 1. The molecule has 0 saturated heterocycles. The Morgan fingerprint density at radius 1 is 1.14 bits per heavy atom. The van der Waals surface area contributed by atoms with Crippen molar-refractivity contribution in [1.29, 1.82) is 0 Å². The Balaban J connectivity index is 2.27. The van der Waals surface area contributed by atoms with Crippen LogP contribution in [-0.2, 0) is 15.9 Å². The second kappa shape index (κ2) is 6.11. The Labute approximate surface area is 126 Å². The maximum Gasteiger partial charge on any atom is 0.313 e. The van der Waals surface area contributed by atoms with Gasteiger partial charge in [-0.2, -0.15) is 8.42 Å². The lowest BCUT2D eigenvalue weighted by atomic mass is 10.2. The minimum atomic E-state index is -4.00. The summed E-state index contributed by atoms with van der Waals surface area (Å²) in [6.07, 6.45) is 0. The van der Waals surface area contributed by atoms with E-state index >= 15 is 0 Å². The summed E-state index contributed by atoms with van der Waals surface area (Å²) < 4.78 is 28.8. The van der Waals surface area contributed by atoms with Crippen LogP contribution in [0.5, 0.6) is 5.75 Å². The van der Waals surface area contributed by atoms with Crippen LogP contribution in [0.1, 0.15) is 5.56 Å². The first-order valence-electron chi connectivity index (χ1n) is 5.77. The van der Waals surface area contributed by atoms with Crippen LogP contribution in [0.2, 0.25) is 5.02 Å². The SMILES string of the molecule is O=[N+]([O-])c1cc(Cl)ccc1CS(=O)(=O)Oc1ccccc1. The second-order valence-electron chi connectivity index (χ2n) is 4.13. The Morgan fingerprint density at radius 2 is 1.81 bits per heavy atom. The first-order valence-corrected chi connectivity index (χ1v) is 7.73. The third-order valence-corrected chi connectivity index (χ3v) is 3.89. The molecule has 0 saturated carbocycles. The fourth-order valence-corrected chi connectivity index (χ4v) is 2.93. The maximum absolute atomic E-state index is 12.0. The zero-order valence-corrected chi connectivity index (χ0v) is 12.2. The topological polar surface area (TPSA) is 86.5 Å². The van der Waals surface area contributed by atoms with Crippen molar-refractivity contribution >= 4 is 27.4 Å². The lowest BCUT2D eigenvalue weighted by molar-refractivity contribution is -0.385. The number of para-hydroxylation sites is 1. The standard InChI is InChI=1S/C13H10ClNO5S/c14-11-7-6-10(13(8-11)15(16)17)9-21(18,19)20-12-4-2-1-3-5-12/h1-8H,9H2. The molecule has 0 unspecified atom stereocenters. The van der Waals surface area contributed by atoms with Crippen LogP contribution >= 0.6 is 11.6 Å². The molecule has 2 aromatic carbocycles. The van der Waals surface area contributed by atoms with Crippen molar-refractivity contribution in [2.24, 2.45) is 0 Å². The Kier molecular flexibility index (Phi) is 4.44. The largest absolute Gasteiger partial charge is 0.382 e. The van der Waals surface area contributed by atoms with E-state index < -0.39 is 20.8 Å². The molecule has 0 atom stereocenters. The summed E-state index contributed by atoms with van der Waals surface area (Å²) in [5.74, 6) is -0.468. The number of nitro groups is 1. The summed E-state index contributed by atoms with van der Waals surface area (Å²) in [5.41, 5.74) is -0.344. The smallest absolute Gasteiger partial charge is 0.313 e. The zero-order valence-electron chi connectivity index (χ0n) is 10.6. The van der Waals surface area contributed by atoms with E-state index in [0.29, 0.717) is 0 Å². The highest BCUT2D eigenvalue weighted by Gasteiger charge is 2.22. The van der Waals surface area contributed by atoms with E-state index in [2.05, 4.69) is 0 Å². The van der Waals surface area contributed by atoms with Crippen LogP contribution in [0.25, 0.3) is 0 Å². The second-order valence-corrected chi connectivity index (χ2v) is 6.14. The van der Waals surface area contributed by atoms with E-state index in [1.807, 2.05) is 0 Å². The molecule has 0 fully saturated rings. The van der Waals surface area contributed by atoms with Gasteiger partial charge in [-0.05, 0) is 24.3 Å². The minimum absolute atomic E-state index is 0.0142. The molecule has 0 spiro atoms. The van der Waals surface area contributed by atoms with Crippen molar-refractivity contribution in [1.82, 2.24) is 0 Å². The molecular formula is C13H10ClNO5S. The lowest BCUT2D eigenvalue weighted by Gasteiger charge is -2.07. The predicted octanol–water partition coefficient (Wildman–Crippen LogP) is 3.16. The van der Waals surface area contributed by atoms with E-state index in [0.717, 1.165) is 6.07 Å². The minimum Gasteiger partial charge on any atom is -0.382 e. The van der Waals surface area contributed by atoms with Crippen molar-refractivity contribution < 1.29 is 17.5 Å². The first-order chi connectivity index (χ1) is 9.87. The summed E-state index contributed by atoms with van der Waals surface area (Å²) in [6, 6.07) is 11.7. The predicted molar refractivity (Wildman–Crippen MR) is 77.8 cm³/mol. The molecule has 21 heavy (non-hydrogen) atoms. The molecule has 0 aliphatic carbocycles. The van der Waals surface area contributed by atoms with E-state index in [4.69, 9.17) is 15.8 Å². The van der Waals surface area contributed by atoms with Crippen molar-refractivity contribution in [2.45, 2.75) is 5.75 Å².